The van der Waals surface area contributed by atoms with E-state index >= 15 is 0 Å². The zero-order chi connectivity index (χ0) is 15.5. The van der Waals surface area contributed by atoms with Crippen molar-refractivity contribution < 1.29 is 9.13 Å². The van der Waals surface area contributed by atoms with Crippen molar-refractivity contribution in [2.75, 3.05) is 18.5 Å². The fourth-order valence-corrected chi connectivity index (χ4v) is 2.63. The second-order valence-corrected chi connectivity index (χ2v) is 5.72. The van der Waals surface area contributed by atoms with Gasteiger partial charge in [-0.25, -0.2) is 4.39 Å². The van der Waals surface area contributed by atoms with Crippen LogP contribution in [0.3, 0.4) is 0 Å². The number of anilines is 1. The van der Waals surface area contributed by atoms with Crippen molar-refractivity contribution >= 4 is 11.5 Å². The minimum Gasteiger partial charge on any atom is -0.386 e. The highest BCUT2D eigenvalue weighted by Gasteiger charge is 2.32. The summed E-state index contributed by atoms with van der Waals surface area (Å²) in [5.41, 5.74) is 6.40. The topological polar surface area (TPSA) is 59.6 Å². The molecule has 1 atom stereocenters. The third-order valence-corrected chi connectivity index (χ3v) is 3.93. The van der Waals surface area contributed by atoms with Crippen molar-refractivity contribution in [1.82, 2.24) is 0 Å². The van der Waals surface area contributed by atoms with Crippen LogP contribution in [0.4, 0.5) is 10.1 Å². The predicted octanol–water partition coefficient (Wildman–Crippen LogP) is 3.03. The summed E-state index contributed by atoms with van der Waals surface area (Å²) in [6.45, 7) is 6.75. The van der Waals surface area contributed by atoms with Crippen LogP contribution in [0.2, 0.25) is 0 Å². The normalized spacial score (nSPS) is 22.2. The van der Waals surface area contributed by atoms with Gasteiger partial charge in [0.1, 0.15) is 23.8 Å². The Morgan fingerprint density at radius 1 is 1.43 bits per heavy atom. The summed E-state index contributed by atoms with van der Waals surface area (Å²) >= 11 is 0. The van der Waals surface area contributed by atoms with E-state index in [1.165, 1.54) is 6.07 Å². The molecule has 0 fully saturated rings. The third-order valence-electron chi connectivity index (χ3n) is 3.93. The number of hydrogen-bond acceptors (Lipinski definition) is 4. The summed E-state index contributed by atoms with van der Waals surface area (Å²) in [6, 6.07) is 5.44. The smallest absolute Gasteiger partial charge is 0.129 e. The molecule has 0 saturated carbocycles. The van der Waals surface area contributed by atoms with E-state index in [-0.39, 0.29) is 5.82 Å². The van der Waals surface area contributed by atoms with Gasteiger partial charge in [-0.05, 0) is 38.0 Å². The number of halogens is 1. The first-order chi connectivity index (χ1) is 9.98. The number of hydrogen-bond donors (Lipinski definition) is 2. The molecule has 1 aromatic rings. The van der Waals surface area contributed by atoms with Crippen LogP contribution >= 0.6 is 0 Å². The average Bonchev–Trinajstić information content (AvgIpc) is 2.46. The van der Waals surface area contributed by atoms with Crippen LogP contribution in [-0.4, -0.2) is 25.1 Å². The lowest BCUT2D eigenvalue weighted by Gasteiger charge is -2.31. The van der Waals surface area contributed by atoms with Gasteiger partial charge < -0.3 is 15.8 Å². The first-order valence-electron chi connectivity index (χ1n) is 7.47. The third kappa shape index (κ3) is 3.53. The molecule has 0 amide bonds. The molecule has 5 heteroatoms. The zero-order valence-electron chi connectivity index (χ0n) is 12.9. The van der Waals surface area contributed by atoms with Crippen LogP contribution in [0.1, 0.15) is 39.2 Å². The molecule has 1 aliphatic rings. The Morgan fingerprint density at radius 3 is 2.76 bits per heavy atom. The van der Waals surface area contributed by atoms with Gasteiger partial charge in [-0.3, -0.25) is 4.99 Å². The SMILES string of the molecule is CCC(CC)Nc1ccc(F)c(C2(C)COCC(N)=N2)c1. The molecule has 1 unspecified atom stereocenters. The van der Waals surface area contributed by atoms with Gasteiger partial charge in [0.2, 0.25) is 0 Å². The molecule has 0 aromatic heterocycles. The molecule has 21 heavy (non-hydrogen) atoms. The molecular weight excluding hydrogens is 269 g/mol. The van der Waals surface area contributed by atoms with Crippen molar-refractivity contribution in [3.63, 3.8) is 0 Å². The van der Waals surface area contributed by atoms with E-state index in [1.54, 1.807) is 6.07 Å². The summed E-state index contributed by atoms with van der Waals surface area (Å²) in [4.78, 5) is 4.41. The molecule has 3 N–H and O–H groups in total. The molecule has 2 rings (SSSR count). The van der Waals surface area contributed by atoms with E-state index in [0.717, 1.165) is 18.5 Å². The summed E-state index contributed by atoms with van der Waals surface area (Å²) < 4.78 is 19.7. The highest BCUT2D eigenvalue weighted by molar-refractivity contribution is 5.82. The summed E-state index contributed by atoms with van der Waals surface area (Å²) in [6.07, 6.45) is 2.05. The van der Waals surface area contributed by atoms with Gasteiger partial charge >= 0.3 is 0 Å². The Labute approximate surface area is 125 Å². The number of benzene rings is 1. The van der Waals surface area contributed by atoms with Crippen LogP contribution in [0.25, 0.3) is 0 Å². The van der Waals surface area contributed by atoms with Gasteiger partial charge in [-0.15, -0.1) is 0 Å². The molecular formula is C16H24FN3O. The highest BCUT2D eigenvalue weighted by Crippen LogP contribution is 2.32. The van der Waals surface area contributed by atoms with Crippen molar-refractivity contribution in [1.29, 1.82) is 0 Å². The largest absolute Gasteiger partial charge is 0.386 e. The van der Waals surface area contributed by atoms with E-state index < -0.39 is 5.54 Å². The highest BCUT2D eigenvalue weighted by atomic mass is 19.1. The summed E-state index contributed by atoms with van der Waals surface area (Å²) in [7, 11) is 0. The van der Waals surface area contributed by atoms with Crippen LogP contribution in [-0.2, 0) is 10.3 Å². The van der Waals surface area contributed by atoms with E-state index in [1.807, 2.05) is 13.0 Å². The van der Waals surface area contributed by atoms with Crippen LogP contribution in [0, 0.1) is 5.82 Å². The van der Waals surface area contributed by atoms with Gasteiger partial charge in [0.05, 0.1) is 6.61 Å². The minimum atomic E-state index is -0.766. The maximum absolute atomic E-state index is 14.2. The first-order valence-corrected chi connectivity index (χ1v) is 7.47. The molecule has 0 aliphatic carbocycles. The van der Waals surface area contributed by atoms with Crippen LogP contribution in [0.15, 0.2) is 23.2 Å². The summed E-state index contributed by atoms with van der Waals surface area (Å²) in [5.74, 6) is 0.121. The second-order valence-electron chi connectivity index (χ2n) is 5.72. The molecule has 0 spiro atoms. The predicted molar refractivity (Wildman–Crippen MR) is 84.2 cm³/mol. The lowest BCUT2D eigenvalue weighted by atomic mass is 9.91. The Balaban J connectivity index is 2.33. The van der Waals surface area contributed by atoms with Gasteiger partial charge in [-0.2, -0.15) is 0 Å². The Morgan fingerprint density at radius 2 is 2.14 bits per heavy atom. The molecule has 1 aliphatic heterocycles. The Kier molecular flexibility index (Phi) is 4.83. The molecule has 0 bridgehead atoms. The molecule has 1 heterocycles. The summed E-state index contributed by atoms with van der Waals surface area (Å²) in [5, 5.41) is 3.43. The number of nitrogens with zero attached hydrogens (tertiary/aromatic N) is 1. The quantitative estimate of drug-likeness (QED) is 0.877. The monoisotopic (exact) mass is 293 g/mol. The van der Waals surface area contributed by atoms with Gasteiger partial charge in [0.25, 0.3) is 0 Å². The second kappa shape index (κ2) is 6.43. The fraction of sp³-hybridized carbons (Fsp3) is 0.562. The standard InChI is InChI=1S/C16H24FN3O/c1-4-11(5-2)19-12-6-7-14(17)13(8-12)16(3)10-21-9-15(18)20-16/h6-8,11,19H,4-5,9-10H2,1-3H3,(H2,18,20). The number of rotatable bonds is 5. The van der Waals surface area contributed by atoms with E-state index in [9.17, 15) is 4.39 Å². The maximum atomic E-state index is 14.2. The van der Waals surface area contributed by atoms with Gasteiger partial charge in [0.15, 0.2) is 0 Å². The maximum Gasteiger partial charge on any atom is 0.129 e. The average molecular weight is 293 g/mol. The molecule has 0 saturated heterocycles. The van der Waals surface area contributed by atoms with Crippen LogP contribution in [0.5, 0.6) is 0 Å². The molecule has 116 valence electrons. The van der Waals surface area contributed by atoms with E-state index in [0.29, 0.717) is 30.7 Å². The number of aliphatic imine (C=N–C) groups is 1. The van der Waals surface area contributed by atoms with E-state index in [2.05, 4.69) is 24.2 Å². The number of ether oxygens (including phenoxy) is 1. The van der Waals surface area contributed by atoms with Gasteiger partial charge in [0, 0.05) is 17.3 Å². The van der Waals surface area contributed by atoms with Gasteiger partial charge in [-0.1, -0.05) is 13.8 Å². The van der Waals surface area contributed by atoms with Crippen molar-refractivity contribution in [3.05, 3.63) is 29.6 Å². The lowest BCUT2D eigenvalue weighted by Crippen LogP contribution is -2.38. The molecule has 4 nitrogen and oxygen atoms in total. The van der Waals surface area contributed by atoms with Crippen molar-refractivity contribution in [3.8, 4) is 0 Å². The Hall–Kier alpha value is -1.62. The van der Waals surface area contributed by atoms with Crippen LogP contribution < -0.4 is 11.1 Å². The van der Waals surface area contributed by atoms with E-state index in [4.69, 9.17) is 10.5 Å². The number of amidine groups is 1. The first kappa shape index (κ1) is 15.8. The number of nitrogens with two attached hydrogens (primary N) is 1. The Bertz CT molecular complexity index is 528. The molecule has 1 aromatic carbocycles. The number of nitrogens with one attached hydrogen (secondary N) is 1. The minimum absolute atomic E-state index is 0.283. The molecule has 0 radical (unpaired) electrons. The zero-order valence-corrected chi connectivity index (χ0v) is 12.9. The fourth-order valence-electron chi connectivity index (χ4n) is 2.63. The van der Waals surface area contributed by atoms with Crippen molar-refractivity contribution in [2.24, 2.45) is 10.7 Å². The van der Waals surface area contributed by atoms with Crippen molar-refractivity contribution in [2.45, 2.75) is 45.2 Å². The lowest BCUT2D eigenvalue weighted by molar-refractivity contribution is 0.104.